The molecular formula is C13H12O4. The first-order chi connectivity index (χ1) is 8.19. The molecule has 2 aliphatic rings. The maximum atomic E-state index is 11.1. The zero-order valence-electron chi connectivity index (χ0n) is 9.08. The zero-order valence-corrected chi connectivity index (χ0v) is 9.08. The monoisotopic (exact) mass is 232 g/mol. The van der Waals surface area contributed by atoms with Crippen molar-refractivity contribution in [1.29, 1.82) is 0 Å². The van der Waals surface area contributed by atoms with Crippen molar-refractivity contribution in [3.63, 3.8) is 0 Å². The SMILES string of the molecule is O=C1C=CC2(CC(O)C(c3ccccc3)O2)O1. The summed E-state index contributed by atoms with van der Waals surface area (Å²) < 4.78 is 10.8. The largest absolute Gasteiger partial charge is 0.426 e. The highest BCUT2D eigenvalue weighted by atomic mass is 16.7. The van der Waals surface area contributed by atoms with Gasteiger partial charge in [0.15, 0.2) is 0 Å². The highest BCUT2D eigenvalue weighted by molar-refractivity contribution is 5.85. The van der Waals surface area contributed by atoms with Crippen LogP contribution in [-0.2, 0) is 14.3 Å². The highest BCUT2D eigenvalue weighted by Crippen LogP contribution is 2.43. The fourth-order valence-corrected chi connectivity index (χ4v) is 2.28. The van der Waals surface area contributed by atoms with Gasteiger partial charge in [0.1, 0.15) is 6.10 Å². The minimum absolute atomic E-state index is 0.273. The molecule has 1 N–H and O–H groups in total. The van der Waals surface area contributed by atoms with E-state index in [0.29, 0.717) is 0 Å². The lowest BCUT2D eigenvalue weighted by atomic mass is 10.0. The quantitative estimate of drug-likeness (QED) is 0.742. The number of hydrogen-bond acceptors (Lipinski definition) is 4. The Morgan fingerprint density at radius 2 is 2.06 bits per heavy atom. The van der Waals surface area contributed by atoms with Gasteiger partial charge < -0.3 is 14.6 Å². The summed E-state index contributed by atoms with van der Waals surface area (Å²) in [6.45, 7) is 0. The van der Waals surface area contributed by atoms with E-state index < -0.39 is 24.0 Å². The molecule has 3 rings (SSSR count). The van der Waals surface area contributed by atoms with Crippen LogP contribution in [-0.4, -0.2) is 23.0 Å². The standard InChI is InChI=1S/C13H12O4/c14-10-8-13(7-6-11(15)16-13)17-12(10)9-4-2-1-3-5-9/h1-7,10,12,14H,8H2. The minimum Gasteiger partial charge on any atom is -0.426 e. The molecule has 1 aromatic rings. The summed E-state index contributed by atoms with van der Waals surface area (Å²) in [6.07, 6.45) is 2.05. The van der Waals surface area contributed by atoms with Crippen LogP contribution in [0, 0.1) is 0 Å². The zero-order chi connectivity index (χ0) is 11.9. The van der Waals surface area contributed by atoms with Crippen molar-refractivity contribution in [2.75, 3.05) is 0 Å². The molecule has 0 saturated carbocycles. The molecule has 2 aliphatic heterocycles. The van der Waals surface area contributed by atoms with Crippen LogP contribution in [0.1, 0.15) is 18.1 Å². The molecule has 0 aliphatic carbocycles. The average molecular weight is 232 g/mol. The third-order valence-electron chi connectivity index (χ3n) is 3.04. The van der Waals surface area contributed by atoms with Crippen molar-refractivity contribution < 1.29 is 19.4 Å². The molecule has 0 radical (unpaired) electrons. The first-order valence-corrected chi connectivity index (χ1v) is 5.52. The van der Waals surface area contributed by atoms with Crippen molar-refractivity contribution in [3.8, 4) is 0 Å². The Morgan fingerprint density at radius 1 is 1.29 bits per heavy atom. The second-order valence-corrected chi connectivity index (χ2v) is 4.29. The number of aliphatic hydroxyl groups excluding tert-OH is 1. The van der Waals surface area contributed by atoms with Crippen LogP contribution in [0.15, 0.2) is 42.5 Å². The van der Waals surface area contributed by atoms with Gasteiger partial charge in [-0.1, -0.05) is 30.3 Å². The van der Waals surface area contributed by atoms with E-state index in [1.54, 1.807) is 6.08 Å². The number of esters is 1. The lowest BCUT2D eigenvalue weighted by molar-refractivity contribution is -0.192. The molecule has 4 heteroatoms. The van der Waals surface area contributed by atoms with Crippen LogP contribution in [0.2, 0.25) is 0 Å². The van der Waals surface area contributed by atoms with Gasteiger partial charge in [0.25, 0.3) is 0 Å². The van der Waals surface area contributed by atoms with Crippen LogP contribution in [0.4, 0.5) is 0 Å². The lowest BCUT2D eigenvalue weighted by Crippen LogP contribution is -2.27. The van der Waals surface area contributed by atoms with E-state index >= 15 is 0 Å². The molecule has 1 aromatic carbocycles. The summed E-state index contributed by atoms with van der Waals surface area (Å²) in [6, 6.07) is 9.43. The molecule has 3 unspecified atom stereocenters. The number of rotatable bonds is 1. The van der Waals surface area contributed by atoms with Crippen molar-refractivity contribution in [2.45, 2.75) is 24.4 Å². The fraction of sp³-hybridized carbons (Fsp3) is 0.308. The number of benzene rings is 1. The third kappa shape index (κ3) is 1.75. The van der Waals surface area contributed by atoms with Crippen LogP contribution < -0.4 is 0 Å². The molecule has 17 heavy (non-hydrogen) atoms. The van der Waals surface area contributed by atoms with Gasteiger partial charge in [0, 0.05) is 12.5 Å². The number of ether oxygens (including phenoxy) is 2. The van der Waals surface area contributed by atoms with Gasteiger partial charge in [-0.3, -0.25) is 0 Å². The molecule has 1 fully saturated rings. The lowest BCUT2D eigenvalue weighted by Gasteiger charge is -2.20. The first-order valence-electron chi connectivity index (χ1n) is 5.52. The molecule has 0 aromatic heterocycles. The van der Waals surface area contributed by atoms with E-state index in [4.69, 9.17) is 9.47 Å². The summed E-state index contributed by atoms with van der Waals surface area (Å²) in [5.41, 5.74) is 0.883. The minimum atomic E-state index is -1.07. The molecule has 0 amide bonds. The van der Waals surface area contributed by atoms with E-state index in [2.05, 4.69) is 0 Å². The summed E-state index contributed by atoms with van der Waals surface area (Å²) in [5.74, 6) is -1.50. The van der Waals surface area contributed by atoms with Gasteiger partial charge in [0.05, 0.1) is 6.10 Å². The van der Waals surface area contributed by atoms with Crippen molar-refractivity contribution in [1.82, 2.24) is 0 Å². The maximum Gasteiger partial charge on any atom is 0.333 e. The van der Waals surface area contributed by atoms with Crippen LogP contribution in [0.5, 0.6) is 0 Å². The number of aliphatic hydroxyl groups is 1. The molecule has 4 nitrogen and oxygen atoms in total. The number of carbonyl (C=O) groups excluding carboxylic acids is 1. The Bertz CT molecular complexity index is 468. The van der Waals surface area contributed by atoms with E-state index in [0.717, 1.165) is 5.56 Å². The highest BCUT2D eigenvalue weighted by Gasteiger charge is 2.49. The molecule has 0 bridgehead atoms. The predicted octanol–water partition coefficient (Wildman–Crippen LogP) is 1.32. The van der Waals surface area contributed by atoms with Crippen LogP contribution >= 0.6 is 0 Å². The Morgan fingerprint density at radius 3 is 2.71 bits per heavy atom. The smallest absolute Gasteiger partial charge is 0.333 e. The Hall–Kier alpha value is -1.65. The van der Waals surface area contributed by atoms with Crippen LogP contribution in [0.25, 0.3) is 0 Å². The Balaban J connectivity index is 1.86. The summed E-state index contributed by atoms with van der Waals surface area (Å²) in [5, 5.41) is 10.0. The third-order valence-corrected chi connectivity index (χ3v) is 3.04. The molecule has 2 heterocycles. The number of carbonyl (C=O) groups is 1. The van der Waals surface area contributed by atoms with Gasteiger partial charge in [-0.2, -0.15) is 0 Å². The van der Waals surface area contributed by atoms with Gasteiger partial charge >= 0.3 is 5.97 Å². The molecule has 3 atom stereocenters. The van der Waals surface area contributed by atoms with E-state index in [9.17, 15) is 9.90 Å². The average Bonchev–Trinajstić information content (AvgIpc) is 2.84. The summed E-state index contributed by atoms with van der Waals surface area (Å²) in [4.78, 5) is 11.1. The van der Waals surface area contributed by atoms with Crippen molar-refractivity contribution >= 4 is 5.97 Å². The second-order valence-electron chi connectivity index (χ2n) is 4.29. The van der Waals surface area contributed by atoms with E-state index in [1.807, 2.05) is 30.3 Å². The maximum absolute atomic E-state index is 11.1. The van der Waals surface area contributed by atoms with Crippen molar-refractivity contribution in [3.05, 3.63) is 48.0 Å². The predicted molar refractivity (Wildman–Crippen MR) is 58.9 cm³/mol. The van der Waals surface area contributed by atoms with Gasteiger partial charge in [0.2, 0.25) is 5.79 Å². The molecule has 88 valence electrons. The number of hydrogen-bond donors (Lipinski definition) is 1. The van der Waals surface area contributed by atoms with Gasteiger partial charge in [-0.05, 0) is 11.6 Å². The van der Waals surface area contributed by atoms with Gasteiger partial charge in [-0.15, -0.1) is 0 Å². The fourth-order valence-electron chi connectivity index (χ4n) is 2.28. The molecular weight excluding hydrogens is 220 g/mol. The van der Waals surface area contributed by atoms with Crippen molar-refractivity contribution in [2.24, 2.45) is 0 Å². The first kappa shape index (κ1) is 10.5. The van der Waals surface area contributed by atoms with Gasteiger partial charge in [-0.25, -0.2) is 4.79 Å². The second kappa shape index (κ2) is 3.68. The topological polar surface area (TPSA) is 55.8 Å². The van der Waals surface area contributed by atoms with E-state index in [1.165, 1.54) is 6.08 Å². The molecule has 1 saturated heterocycles. The summed E-state index contributed by atoms with van der Waals surface area (Å²) >= 11 is 0. The van der Waals surface area contributed by atoms with Crippen LogP contribution in [0.3, 0.4) is 0 Å². The Kier molecular flexibility index (Phi) is 2.28. The summed E-state index contributed by atoms with van der Waals surface area (Å²) in [7, 11) is 0. The van der Waals surface area contributed by atoms with E-state index in [-0.39, 0.29) is 6.42 Å². The Labute approximate surface area is 98.5 Å². The normalized spacial score (nSPS) is 35.5. The molecule has 1 spiro atoms.